The average molecular weight is 408 g/mol. The molecule has 2 amide bonds. The molecular formula is C23H25N3O2S. The summed E-state index contributed by atoms with van der Waals surface area (Å²) in [6, 6.07) is 15.7. The first-order valence-corrected chi connectivity index (χ1v) is 10.8. The first kappa shape index (κ1) is 19.6. The van der Waals surface area contributed by atoms with E-state index in [0.717, 1.165) is 26.4 Å². The van der Waals surface area contributed by atoms with Crippen LogP contribution in [0.25, 0.3) is 10.2 Å². The maximum absolute atomic E-state index is 12.9. The molecule has 3 aromatic rings. The highest BCUT2D eigenvalue weighted by Gasteiger charge is 2.30. The van der Waals surface area contributed by atoms with Crippen LogP contribution in [0.1, 0.15) is 33.8 Å². The van der Waals surface area contributed by atoms with E-state index in [2.05, 4.69) is 11.1 Å². The van der Waals surface area contributed by atoms with Gasteiger partial charge < -0.3 is 9.80 Å². The number of carbonyl (C=O) groups excluding carboxylic acids is 2. The summed E-state index contributed by atoms with van der Waals surface area (Å²) in [4.78, 5) is 34.0. The maximum atomic E-state index is 12.9. The van der Waals surface area contributed by atoms with Gasteiger partial charge in [0.15, 0.2) is 0 Å². The number of piperidine rings is 1. The van der Waals surface area contributed by atoms with Gasteiger partial charge >= 0.3 is 0 Å². The molecule has 0 unspecified atom stereocenters. The topological polar surface area (TPSA) is 53.5 Å². The third-order valence-electron chi connectivity index (χ3n) is 5.59. The fourth-order valence-electron chi connectivity index (χ4n) is 3.89. The van der Waals surface area contributed by atoms with Gasteiger partial charge in [-0.05, 0) is 43.5 Å². The maximum Gasteiger partial charge on any atom is 0.254 e. The first-order valence-electron chi connectivity index (χ1n) is 9.97. The molecule has 0 atom stereocenters. The van der Waals surface area contributed by atoms with Gasteiger partial charge in [0.05, 0.1) is 16.8 Å². The second kappa shape index (κ2) is 8.33. The van der Waals surface area contributed by atoms with Gasteiger partial charge in [0.1, 0.15) is 5.01 Å². The Morgan fingerprint density at radius 2 is 1.79 bits per heavy atom. The summed E-state index contributed by atoms with van der Waals surface area (Å²) in [7, 11) is 1.85. The van der Waals surface area contributed by atoms with Crippen LogP contribution in [0, 0.1) is 12.8 Å². The molecule has 1 aliphatic rings. The van der Waals surface area contributed by atoms with Crippen LogP contribution in [0.2, 0.25) is 0 Å². The van der Waals surface area contributed by atoms with Crippen LogP contribution in [-0.4, -0.2) is 46.7 Å². The van der Waals surface area contributed by atoms with Gasteiger partial charge in [0.2, 0.25) is 5.91 Å². The van der Waals surface area contributed by atoms with Crippen molar-refractivity contribution in [3.05, 3.63) is 64.7 Å². The number of hydrogen-bond acceptors (Lipinski definition) is 4. The number of aryl methyl sites for hydroxylation is 1. The van der Waals surface area contributed by atoms with Crippen molar-refractivity contribution in [2.75, 3.05) is 20.1 Å². The predicted octanol–water partition coefficient (Wildman–Crippen LogP) is 4.12. The van der Waals surface area contributed by atoms with Gasteiger partial charge in [-0.1, -0.05) is 30.3 Å². The Labute approximate surface area is 175 Å². The molecule has 29 heavy (non-hydrogen) atoms. The summed E-state index contributed by atoms with van der Waals surface area (Å²) < 4.78 is 1.14. The largest absolute Gasteiger partial charge is 0.339 e. The number of rotatable bonds is 4. The number of amides is 2. The van der Waals surface area contributed by atoms with Crippen molar-refractivity contribution in [3.63, 3.8) is 0 Å². The van der Waals surface area contributed by atoms with E-state index in [1.165, 1.54) is 0 Å². The Bertz CT molecular complexity index is 1000. The third kappa shape index (κ3) is 4.17. The fourth-order valence-corrected chi connectivity index (χ4v) is 4.91. The molecule has 0 bridgehead atoms. The van der Waals surface area contributed by atoms with E-state index in [4.69, 9.17) is 0 Å². The number of benzene rings is 2. The Kier molecular flexibility index (Phi) is 5.62. The quantitative estimate of drug-likeness (QED) is 0.654. The predicted molar refractivity (Wildman–Crippen MR) is 116 cm³/mol. The van der Waals surface area contributed by atoms with Crippen LogP contribution in [-0.2, 0) is 11.3 Å². The molecule has 4 rings (SSSR count). The summed E-state index contributed by atoms with van der Waals surface area (Å²) in [5, 5.41) is 0.953. The van der Waals surface area contributed by atoms with Crippen molar-refractivity contribution in [1.82, 2.24) is 14.8 Å². The number of carbonyl (C=O) groups is 2. The average Bonchev–Trinajstić information content (AvgIpc) is 3.15. The Morgan fingerprint density at radius 3 is 2.52 bits per heavy atom. The van der Waals surface area contributed by atoms with Crippen LogP contribution < -0.4 is 0 Å². The van der Waals surface area contributed by atoms with Gasteiger partial charge in [-0.25, -0.2) is 4.98 Å². The SMILES string of the molecule is Cc1ccccc1C(=O)N1CCC(C(=O)N(C)Cc2nc3ccccc3s2)CC1. The van der Waals surface area contributed by atoms with E-state index in [-0.39, 0.29) is 17.7 Å². The van der Waals surface area contributed by atoms with E-state index >= 15 is 0 Å². The van der Waals surface area contributed by atoms with E-state index in [0.29, 0.717) is 32.5 Å². The molecule has 6 heteroatoms. The molecule has 0 saturated carbocycles. The number of para-hydroxylation sites is 1. The Hall–Kier alpha value is -2.73. The van der Waals surface area contributed by atoms with Crippen molar-refractivity contribution in [3.8, 4) is 0 Å². The minimum Gasteiger partial charge on any atom is -0.339 e. The van der Waals surface area contributed by atoms with Crippen LogP contribution >= 0.6 is 11.3 Å². The lowest BCUT2D eigenvalue weighted by molar-refractivity contribution is -0.136. The summed E-state index contributed by atoms with van der Waals surface area (Å²) >= 11 is 1.64. The molecule has 1 saturated heterocycles. The molecule has 0 N–H and O–H groups in total. The van der Waals surface area contributed by atoms with Gasteiger partial charge in [-0.15, -0.1) is 11.3 Å². The number of nitrogens with zero attached hydrogens (tertiary/aromatic N) is 3. The lowest BCUT2D eigenvalue weighted by Crippen LogP contribution is -2.43. The zero-order chi connectivity index (χ0) is 20.4. The zero-order valence-corrected chi connectivity index (χ0v) is 17.6. The van der Waals surface area contributed by atoms with E-state index in [1.807, 2.05) is 61.3 Å². The highest BCUT2D eigenvalue weighted by atomic mass is 32.1. The molecule has 2 heterocycles. The zero-order valence-electron chi connectivity index (χ0n) is 16.8. The second-order valence-corrected chi connectivity index (χ2v) is 8.77. The number of hydrogen-bond donors (Lipinski definition) is 0. The summed E-state index contributed by atoms with van der Waals surface area (Å²) in [5.74, 6) is 0.180. The van der Waals surface area contributed by atoms with Crippen LogP contribution in [0.4, 0.5) is 0 Å². The molecule has 0 spiro atoms. The minimum atomic E-state index is -0.0321. The molecule has 5 nitrogen and oxygen atoms in total. The fraction of sp³-hybridized carbons (Fsp3) is 0.348. The summed E-state index contributed by atoms with van der Waals surface area (Å²) in [5.41, 5.74) is 2.73. The van der Waals surface area contributed by atoms with Gasteiger partial charge in [0.25, 0.3) is 5.91 Å². The molecule has 2 aromatic carbocycles. The molecule has 0 radical (unpaired) electrons. The molecule has 0 aliphatic carbocycles. The number of aromatic nitrogens is 1. The number of fused-ring (bicyclic) bond motifs is 1. The molecule has 150 valence electrons. The number of likely N-dealkylation sites (tertiary alicyclic amines) is 1. The van der Waals surface area contributed by atoms with E-state index < -0.39 is 0 Å². The minimum absolute atomic E-state index is 0.0321. The molecular weight excluding hydrogens is 382 g/mol. The van der Waals surface area contributed by atoms with Crippen molar-refractivity contribution >= 4 is 33.4 Å². The van der Waals surface area contributed by atoms with Crippen molar-refractivity contribution in [1.29, 1.82) is 0 Å². The van der Waals surface area contributed by atoms with Crippen LogP contribution in [0.15, 0.2) is 48.5 Å². The second-order valence-electron chi connectivity index (χ2n) is 7.65. The summed E-state index contributed by atoms with van der Waals surface area (Å²) in [6.45, 7) is 3.73. The monoisotopic (exact) mass is 407 g/mol. The standard InChI is InChI=1S/C23H25N3O2S/c1-16-7-3-4-8-18(16)23(28)26-13-11-17(12-14-26)22(27)25(2)15-21-24-19-9-5-6-10-20(19)29-21/h3-10,17H,11-15H2,1-2H3. The van der Waals surface area contributed by atoms with Gasteiger partial charge in [-0.3, -0.25) is 9.59 Å². The van der Waals surface area contributed by atoms with Crippen LogP contribution in [0.5, 0.6) is 0 Å². The van der Waals surface area contributed by atoms with Crippen molar-refractivity contribution in [2.45, 2.75) is 26.3 Å². The van der Waals surface area contributed by atoms with Crippen molar-refractivity contribution < 1.29 is 9.59 Å². The smallest absolute Gasteiger partial charge is 0.254 e. The van der Waals surface area contributed by atoms with Gasteiger partial charge in [0, 0.05) is 31.6 Å². The summed E-state index contributed by atoms with van der Waals surface area (Å²) in [6.07, 6.45) is 1.42. The Balaban J connectivity index is 1.34. The van der Waals surface area contributed by atoms with Crippen molar-refractivity contribution in [2.24, 2.45) is 5.92 Å². The van der Waals surface area contributed by atoms with Crippen LogP contribution in [0.3, 0.4) is 0 Å². The number of thiazole rings is 1. The lowest BCUT2D eigenvalue weighted by atomic mass is 9.94. The molecule has 1 aliphatic heterocycles. The highest BCUT2D eigenvalue weighted by Crippen LogP contribution is 2.25. The van der Waals surface area contributed by atoms with E-state index in [1.54, 1.807) is 16.2 Å². The normalized spacial score (nSPS) is 14.9. The Morgan fingerprint density at radius 1 is 1.10 bits per heavy atom. The van der Waals surface area contributed by atoms with Gasteiger partial charge in [-0.2, -0.15) is 0 Å². The molecule has 1 aromatic heterocycles. The first-order chi connectivity index (χ1) is 14.0. The lowest BCUT2D eigenvalue weighted by Gasteiger charge is -2.33. The van der Waals surface area contributed by atoms with E-state index in [9.17, 15) is 9.59 Å². The highest BCUT2D eigenvalue weighted by molar-refractivity contribution is 7.18. The third-order valence-corrected chi connectivity index (χ3v) is 6.61. The molecule has 1 fully saturated rings.